The van der Waals surface area contributed by atoms with Gasteiger partial charge in [-0.15, -0.1) is 11.3 Å². The molecule has 0 spiro atoms. The zero-order valence-electron chi connectivity index (χ0n) is 12.7. The number of hydrogen-bond acceptors (Lipinski definition) is 7. The zero-order valence-corrected chi connectivity index (χ0v) is 13.5. The lowest BCUT2D eigenvalue weighted by molar-refractivity contribution is -0.384. The average molecular weight is 357 g/mol. The lowest BCUT2D eigenvalue weighted by Gasteiger charge is -2.02. The van der Waals surface area contributed by atoms with Gasteiger partial charge in [0, 0.05) is 35.9 Å². The van der Waals surface area contributed by atoms with Crippen molar-refractivity contribution in [3.05, 3.63) is 79.7 Å². The van der Waals surface area contributed by atoms with Gasteiger partial charge in [0.1, 0.15) is 6.61 Å². The molecule has 0 unspecified atom stereocenters. The molecule has 0 aliphatic rings. The maximum atomic E-state index is 11.8. The highest BCUT2D eigenvalue weighted by atomic mass is 32.1. The molecule has 126 valence electrons. The van der Waals surface area contributed by atoms with Gasteiger partial charge in [-0.3, -0.25) is 19.3 Å². The smallest absolute Gasteiger partial charge is 0.331 e. The fourth-order valence-electron chi connectivity index (χ4n) is 2.06. The third kappa shape index (κ3) is 3.96. The van der Waals surface area contributed by atoms with E-state index in [1.165, 1.54) is 46.1 Å². The van der Waals surface area contributed by atoms with Crippen LogP contribution in [0.15, 0.2) is 52.8 Å². The Hall–Kier alpha value is -3.33. The second-order valence-electron chi connectivity index (χ2n) is 4.93. The lowest BCUT2D eigenvalue weighted by atomic mass is 10.2. The molecule has 3 aromatic rings. The number of nitrogens with zero attached hydrogens (tertiary/aromatic N) is 3. The van der Waals surface area contributed by atoms with Gasteiger partial charge in [0.05, 0.1) is 10.6 Å². The van der Waals surface area contributed by atoms with Gasteiger partial charge in [-0.05, 0) is 11.6 Å². The van der Waals surface area contributed by atoms with E-state index in [2.05, 4.69) is 4.98 Å². The van der Waals surface area contributed by atoms with E-state index in [4.69, 9.17) is 4.74 Å². The maximum absolute atomic E-state index is 11.8. The molecule has 0 saturated heterocycles. The number of aromatic nitrogens is 2. The number of fused-ring (bicyclic) bond motifs is 1. The van der Waals surface area contributed by atoms with Crippen molar-refractivity contribution in [3.63, 3.8) is 0 Å². The summed E-state index contributed by atoms with van der Waals surface area (Å²) in [5, 5.41) is 12.4. The first-order valence-corrected chi connectivity index (χ1v) is 7.96. The SMILES string of the molecule is O=C(/C=C/c1cccc([N+](=O)[O-])c1)OCc1cc(=O)n2ccsc2n1. The van der Waals surface area contributed by atoms with Crippen LogP contribution >= 0.6 is 11.3 Å². The summed E-state index contributed by atoms with van der Waals surface area (Å²) in [6.07, 6.45) is 4.20. The topological polar surface area (TPSA) is 104 Å². The quantitative estimate of drug-likeness (QED) is 0.301. The molecule has 0 bridgehead atoms. The molecule has 3 rings (SSSR count). The summed E-state index contributed by atoms with van der Waals surface area (Å²) in [5.41, 5.74) is 0.543. The van der Waals surface area contributed by atoms with Crippen LogP contribution in [-0.2, 0) is 16.1 Å². The van der Waals surface area contributed by atoms with E-state index in [0.29, 0.717) is 16.2 Å². The van der Waals surface area contributed by atoms with Crippen molar-refractivity contribution in [3.8, 4) is 0 Å². The standard InChI is InChI=1S/C16H11N3O5S/c20-14-9-12(17-16-18(14)6-7-25-16)10-24-15(21)5-4-11-2-1-3-13(8-11)19(22)23/h1-9H,10H2/b5-4+. The van der Waals surface area contributed by atoms with E-state index >= 15 is 0 Å². The minimum atomic E-state index is -0.639. The number of ether oxygens (including phenoxy) is 1. The van der Waals surface area contributed by atoms with E-state index in [1.54, 1.807) is 17.6 Å². The van der Waals surface area contributed by atoms with Crippen molar-refractivity contribution < 1.29 is 14.5 Å². The second-order valence-corrected chi connectivity index (χ2v) is 5.81. The summed E-state index contributed by atoms with van der Waals surface area (Å²) in [5.74, 6) is -0.639. The van der Waals surface area contributed by atoms with Crippen LogP contribution in [0.4, 0.5) is 5.69 Å². The number of benzene rings is 1. The fraction of sp³-hybridized carbons (Fsp3) is 0.0625. The van der Waals surface area contributed by atoms with Gasteiger partial charge in [0.25, 0.3) is 11.2 Å². The number of rotatable bonds is 5. The fourth-order valence-corrected chi connectivity index (χ4v) is 2.80. The zero-order chi connectivity index (χ0) is 17.8. The summed E-state index contributed by atoms with van der Waals surface area (Å²) in [6, 6.07) is 7.16. The molecule has 0 radical (unpaired) electrons. The van der Waals surface area contributed by atoms with Crippen molar-refractivity contribution in [2.24, 2.45) is 0 Å². The Balaban J connectivity index is 1.65. The van der Waals surface area contributed by atoms with E-state index in [1.807, 2.05) is 0 Å². The van der Waals surface area contributed by atoms with Crippen molar-refractivity contribution >= 4 is 34.0 Å². The molecular weight excluding hydrogens is 346 g/mol. The van der Waals surface area contributed by atoms with Gasteiger partial charge in [0.15, 0.2) is 4.96 Å². The first kappa shape index (κ1) is 16.5. The molecule has 8 nitrogen and oxygen atoms in total. The molecular formula is C16H11N3O5S. The van der Waals surface area contributed by atoms with Crippen molar-refractivity contribution in [1.82, 2.24) is 9.38 Å². The van der Waals surface area contributed by atoms with Gasteiger partial charge in [-0.25, -0.2) is 9.78 Å². The van der Waals surface area contributed by atoms with Gasteiger partial charge < -0.3 is 4.74 Å². The first-order chi connectivity index (χ1) is 12.0. The molecule has 0 fully saturated rings. The maximum Gasteiger partial charge on any atom is 0.331 e. The Bertz CT molecular complexity index is 1040. The Morgan fingerprint density at radius 3 is 3.04 bits per heavy atom. The summed E-state index contributed by atoms with van der Waals surface area (Å²) < 4.78 is 6.44. The Kier molecular flexibility index (Phi) is 4.66. The van der Waals surface area contributed by atoms with Crippen molar-refractivity contribution in [2.75, 3.05) is 0 Å². The summed E-state index contributed by atoms with van der Waals surface area (Å²) in [4.78, 5) is 38.5. The number of hydrogen-bond donors (Lipinski definition) is 0. The number of carbonyl (C=O) groups excluding carboxylic acids is 1. The van der Waals surface area contributed by atoms with E-state index in [0.717, 1.165) is 6.08 Å². The average Bonchev–Trinajstić information content (AvgIpc) is 3.07. The van der Waals surface area contributed by atoms with Gasteiger partial charge in [-0.1, -0.05) is 12.1 Å². The van der Waals surface area contributed by atoms with Crippen LogP contribution in [0, 0.1) is 10.1 Å². The van der Waals surface area contributed by atoms with Gasteiger partial charge in [-0.2, -0.15) is 0 Å². The molecule has 25 heavy (non-hydrogen) atoms. The summed E-state index contributed by atoms with van der Waals surface area (Å²) >= 11 is 1.30. The normalized spacial score (nSPS) is 11.0. The van der Waals surface area contributed by atoms with Crippen LogP contribution in [0.5, 0.6) is 0 Å². The number of nitro benzene ring substituents is 1. The third-order valence-electron chi connectivity index (χ3n) is 3.21. The van der Waals surface area contributed by atoms with Crippen LogP contribution in [0.1, 0.15) is 11.3 Å². The summed E-state index contributed by atoms with van der Waals surface area (Å²) in [7, 11) is 0. The molecule has 2 aromatic heterocycles. The number of non-ortho nitro benzene ring substituents is 1. The number of esters is 1. The highest BCUT2D eigenvalue weighted by molar-refractivity contribution is 7.15. The van der Waals surface area contributed by atoms with E-state index in [9.17, 15) is 19.7 Å². The minimum Gasteiger partial charge on any atom is -0.456 e. The third-order valence-corrected chi connectivity index (χ3v) is 3.97. The molecule has 0 saturated carbocycles. The molecule has 0 atom stereocenters. The highest BCUT2D eigenvalue weighted by Gasteiger charge is 2.07. The predicted molar refractivity (Wildman–Crippen MR) is 91.3 cm³/mol. The number of carbonyl (C=O) groups is 1. The minimum absolute atomic E-state index is 0.0653. The predicted octanol–water partition coefficient (Wildman–Crippen LogP) is 2.42. The molecule has 0 N–H and O–H groups in total. The summed E-state index contributed by atoms with van der Waals surface area (Å²) in [6.45, 7) is -0.137. The molecule has 0 aliphatic heterocycles. The molecule has 9 heteroatoms. The van der Waals surface area contributed by atoms with Crippen molar-refractivity contribution in [2.45, 2.75) is 6.61 Å². The van der Waals surface area contributed by atoms with Crippen LogP contribution in [-0.4, -0.2) is 20.3 Å². The lowest BCUT2D eigenvalue weighted by Crippen LogP contribution is -2.14. The van der Waals surface area contributed by atoms with Gasteiger partial charge >= 0.3 is 5.97 Å². The van der Waals surface area contributed by atoms with Crippen LogP contribution in [0.25, 0.3) is 11.0 Å². The van der Waals surface area contributed by atoms with Crippen LogP contribution in [0.3, 0.4) is 0 Å². The van der Waals surface area contributed by atoms with E-state index < -0.39 is 10.9 Å². The first-order valence-electron chi connectivity index (χ1n) is 7.08. The number of thiazole rings is 1. The largest absolute Gasteiger partial charge is 0.456 e. The van der Waals surface area contributed by atoms with Crippen LogP contribution < -0.4 is 5.56 Å². The second kappa shape index (κ2) is 7.05. The highest BCUT2D eigenvalue weighted by Crippen LogP contribution is 2.14. The molecule has 1 aromatic carbocycles. The molecule has 0 amide bonds. The number of nitro groups is 1. The molecule has 0 aliphatic carbocycles. The van der Waals surface area contributed by atoms with Crippen molar-refractivity contribution in [1.29, 1.82) is 0 Å². The van der Waals surface area contributed by atoms with E-state index in [-0.39, 0.29) is 17.9 Å². The Labute approximate surface area is 144 Å². The Morgan fingerprint density at radius 2 is 2.24 bits per heavy atom. The monoisotopic (exact) mass is 357 g/mol. The van der Waals surface area contributed by atoms with Crippen LogP contribution in [0.2, 0.25) is 0 Å². The Morgan fingerprint density at radius 1 is 1.40 bits per heavy atom. The molecule has 2 heterocycles. The van der Waals surface area contributed by atoms with Gasteiger partial charge in [0.2, 0.25) is 0 Å².